The summed E-state index contributed by atoms with van der Waals surface area (Å²) < 4.78 is 16.6. The fourth-order valence-corrected chi connectivity index (χ4v) is 2.08. The van der Waals surface area contributed by atoms with Gasteiger partial charge in [-0.15, -0.1) is 0 Å². The predicted molar refractivity (Wildman–Crippen MR) is 98.4 cm³/mol. The van der Waals surface area contributed by atoms with Crippen LogP contribution < -0.4 is 5.32 Å². The Bertz CT molecular complexity index is 415. The molecule has 6 heteroatoms. The molecule has 3 atom stereocenters. The summed E-state index contributed by atoms with van der Waals surface area (Å²) in [7, 11) is 0. The molecule has 0 aliphatic heterocycles. The largest absolute Gasteiger partial charge is 0.458 e. The first-order valence-corrected chi connectivity index (χ1v) is 9.13. The van der Waals surface area contributed by atoms with Crippen molar-refractivity contribution in [2.75, 3.05) is 6.61 Å². The number of rotatable bonds is 9. The van der Waals surface area contributed by atoms with E-state index < -0.39 is 29.8 Å². The molecular weight excluding hydrogens is 322 g/mol. The molecule has 0 fully saturated rings. The van der Waals surface area contributed by atoms with E-state index in [-0.39, 0.29) is 6.10 Å². The molecule has 0 bridgehead atoms. The Kier molecular flexibility index (Phi) is 10.1. The number of carbonyl (C=O) groups excluding carboxylic acids is 2. The van der Waals surface area contributed by atoms with E-state index in [1.165, 1.54) is 0 Å². The maximum absolute atomic E-state index is 12.2. The number of carbonyl (C=O) groups is 2. The van der Waals surface area contributed by atoms with Crippen LogP contribution in [0.25, 0.3) is 0 Å². The van der Waals surface area contributed by atoms with Gasteiger partial charge in [-0.25, -0.2) is 9.59 Å². The monoisotopic (exact) mass is 359 g/mol. The molecule has 0 aromatic heterocycles. The number of hydrogen-bond donors (Lipinski definition) is 1. The zero-order valence-electron chi connectivity index (χ0n) is 17.3. The minimum Gasteiger partial charge on any atom is -0.458 e. The van der Waals surface area contributed by atoms with Crippen LogP contribution in [0, 0.1) is 11.8 Å². The Labute approximate surface area is 153 Å². The SMILES string of the molecule is CC(C)CO[C@H](CC(C)C)[C@H](C)OC(=O)[C@H](C)NC(=O)OC(C)(C)C. The summed E-state index contributed by atoms with van der Waals surface area (Å²) in [5.74, 6) is 0.334. The van der Waals surface area contributed by atoms with Crippen LogP contribution in [0.4, 0.5) is 4.79 Å². The van der Waals surface area contributed by atoms with Crippen molar-refractivity contribution in [2.45, 2.75) is 92.6 Å². The third kappa shape index (κ3) is 11.8. The van der Waals surface area contributed by atoms with Crippen molar-refractivity contribution in [3.05, 3.63) is 0 Å². The third-order valence-electron chi connectivity index (χ3n) is 3.26. The lowest BCUT2D eigenvalue weighted by atomic mass is 10.0. The van der Waals surface area contributed by atoms with Gasteiger partial charge in [-0.1, -0.05) is 27.7 Å². The molecule has 0 aromatic carbocycles. The van der Waals surface area contributed by atoms with Crippen LogP contribution in [0.2, 0.25) is 0 Å². The number of alkyl carbamates (subject to hydrolysis) is 1. The van der Waals surface area contributed by atoms with Gasteiger partial charge in [0.05, 0.1) is 6.10 Å². The van der Waals surface area contributed by atoms with Crippen LogP contribution in [0.5, 0.6) is 0 Å². The number of amides is 1. The molecule has 25 heavy (non-hydrogen) atoms. The summed E-state index contributed by atoms with van der Waals surface area (Å²) >= 11 is 0. The molecule has 148 valence electrons. The van der Waals surface area contributed by atoms with Crippen molar-refractivity contribution in [1.29, 1.82) is 0 Å². The van der Waals surface area contributed by atoms with Crippen molar-refractivity contribution < 1.29 is 23.8 Å². The Morgan fingerprint density at radius 2 is 1.52 bits per heavy atom. The van der Waals surface area contributed by atoms with Crippen LogP contribution in [0.1, 0.15) is 68.7 Å². The highest BCUT2D eigenvalue weighted by molar-refractivity contribution is 5.81. The van der Waals surface area contributed by atoms with E-state index in [0.29, 0.717) is 18.4 Å². The fraction of sp³-hybridized carbons (Fsp3) is 0.895. The van der Waals surface area contributed by atoms with Crippen molar-refractivity contribution in [1.82, 2.24) is 5.32 Å². The first-order valence-electron chi connectivity index (χ1n) is 9.13. The van der Waals surface area contributed by atoms with Gasteiger partial charge in [-0.2, -0.15) is 0 Å². The number of nitrogens with one attached hydrogen (secondary N) is 1. The molecule has 1 N–H and O–H groups in total. The average molecular weight is 360 g/mol. The van der Waals surface area contributed by atoms with Crippen LogP contribution in [0.3, 0.4) is 0 Å². The van der Waals surface area contributed by atoms with Crippen molar-refractivity contribution in [3.63, 3.8) is 0 Å². The Hall–Kier alpha value is -1.30. The van der Waals surface area contributed by atoms with E-state index in [1.54, 1.807) is 27.7 Å². The van der Waals surface area contributed by atoms with Gasteiger partial charge in [0.15, 0.2) is 0 Å². The summed E-state index contributed by atoms with van der Waals surface area (Å²) in [6.07, 6.45) is -0.398. The van der Waals surface area contributed by atoms with E-state index >= 15 is 0 Å². The normalized spacial score (nSPS) is 15.6. The molecule has 0 rings (SSSR count). The second-order valence-corrected chi connectivity index (χ2v) is 8.41. The molecule has 0 radical (unpaired) electrons. The second-order valence-electron chi connectivity index (χ2n) is 8.41. The topological polar surface area (TPSA) is 73.9 Å². The van der Waals surface area contributed by atoms with Crippen LogP contribution >= 0.6 is 0 Å². The molecule has 0 aliphatic carbocycles. The zero-order valence-corrected chi connectivity index (χ0v) is 17.3. The summed E-state index contributed by atoms with van der Waals surface area (Å²) in [4.78, 5) is 24.0. The van der Waals surface area contributed by atoms with Gasteiger partial charge in [-0.3, -0.25) is 0 Å². The Balaban J connectivity index is 4.62. The van der Waals surface area contributed by atoms with E-state index in [1.807, 2.05) is 6.92 Å². The van der Waals surface area contributed by atoms with Gasteiger partial charge in [0.1, 0.15) is 17.7 Å². The first-order chi connectivity index (χ1) is 11.3. The van der Waals surface area contributed by atoms with Crippen molar-refractivity contribution in [2.24, 2.45) is 11.8 Å². The quantitative estimate of drug-likeness (QED) is 0.632. The molecule has 0 aliphatic rings. The minimum atomic E-state index is -0.790. The third-order valence-corrected chi connectivity index (χ3v) is 3.26. The highest BCUT2D eigenvalue weighted by Gasteiger charge is 2.27. The zero-order chi connectivity index (χ0) is 19.8. The summed E-state index contributed by atoms with van der Waals surface area (Å²) in [5.41, 5.74) is -0.617. The van der Waals surface area contributed by atoms with Gasteiger partial charge in [0.25, 0.3) is 0 Å². The van der Waals surface area contributed by atoms with Gasteiger partial charge >= 0.3 is 12.1 Å². The molecular formula is C19H37NO5. The number of hydrogen-bond acceptors (Lipinski definition) is 5. The van der Waals surface area contributed by atoms with Gasteiger partial charge < -0.3 is 19.5 Å². The summed E-state index contributed by atoms with van der Waals surface area (Å²) in [6.45, 7) is 17.7. The molecule has 0 spiro atoms. The molecule has 0 saturated carbocycles. The number of esters is 1. The lowest BCUT2D eigenvalue weighted by molar-refractivity contribution is -0.159. The Morgan fingerprint density at radius 3 is 1.96 bits per heavy atom. The second kappa shape index (κ2) is 10.6. The standard InChI is InChI=1S/C19H37NO5/c1-12(2)10-16(23-11-13(3)4)15(6)24-17(21)14(5)20-18(22)25-19(7,8)9/h12-16H,10-11H2,1-9H3,(H,20,22)/t14-,15-,16+/m0/s1. The maximum atomic E-state index is 12.2. The summed E-state index contributed by atoms with van der Waals surface area (Å²) in [5, 5.41) is 2.49. The predicted octanol–water partition coefficient (Wildman–Crippen LogP) is 3.92. The average Bonchev–Trinajstić information content (AvgIpc) is 2.40. The first kappa shape index (κ1) is 23.7. The van der Waals surface area contributed by atoms with Crippen LogP contribution in [-0.2, 0) is 19.0 Å². The highest BCUT2D eigenvalue weighted by Crippen LogP contribution is 2.16. The molecule has 0 saturated heterocycles. The van der Waals surface area contributed by atoms with E-state index in [4.69, 9.17) is 14.2 Å². The summed E-state index contributed by atoms with van der Waals surface area (Å²) in [6, 6.07) is -0.790. The molecule has 0 heterocycles. The number of ether oxygens (including phenoxy) is 3. The molecule has 0 unspecified atom stereocenters. The molecule has 0 aromatic rings. The van der Waals surface area contributed by atoms with E-state index in [9.17, 15) is 9.59 Å². The van der Waals surface area contributed by atoms with E-state index in [2.05, 4.69) is 33.0 Å². The van der Waals surface area contributed by atoms with E-state index in [0.717, 1.165) is 6.42 Å². The fourth-order valence-electron chi connectivity index (χ4n) is 2.08. The lowest BCUT2D eigenvalue weighted by Crippen LogP contribution is -2.44. The van der Waals surface area contributed by atoms with Crippen molar-refractivity contribution in [3.8, 4) is 0 Å². The molecule has 1 amide bonds. The van der Waals surface area contributed by atoms with Crippen LogP contribution in [-0.4, -0.2) is 42.5 Å². The van der Waals surface area contributed by atoms with Gasteiger partial charge in [0.2, 0.25) is 0 Å². The minimum absolute atomic E-state index is 0.167. The highest BCUT2D eigenvalue weighted by atomic mass is 16.6. The smallest absolute Gasteiger partial charge is 0.408 e. The molecule has 6 nitrogen and oxygen atoms in total. The lowest BCUT2D eigenvalue weighted by Gasteiger charge is -2.28. The maximum Gasteiger partial charge on any atom is 0.408 e. The van der Waals surface area contributed by atoms with Gasteiger partial charge in [-0.05, 0) is 52.9 Å². The van der Waals surface area contributed by atoms with Crippen molar-refractivity contribution >= 4 is 12.1 Å². The Morgan fingerprint density at radius 1 is 0.960 bits per heavy atom. The van der Waals surface area contributed by atoms with Crippen LogP contribution in [0.15, 0.2) is 0 Å². The van der Waals surface area contributed by atoms with Gasteiger partial charge in [0, 0.05) is 6.61 Å².